The van der Waals surface area contributed by atoms with E-state index in [1.54, 1.807) is 7.11 Å². The Balaban J connectivity index is 1.57. The monoisotopic (exact) mass is 604 g/mol. The number of carbonyl (C=O) groups excluding carboxylic acids is 1. The number of aliphatic hydroxyl groups is 2. The largest absolute Gasteiger partial charge is 0.491 e. The van der Waals surface area contributed by atoms with Crippen molar-refractivity contribution in [2.75, 3.05) is 33.5 Å². The molecule has 1 atom stereocenters. The van der Waals surface area contributed by atoms with Gasteiger partial charge in [-0.1, -0.05) is 54.6 Å². The summed E-state index contributed by atoms with van der Waals surface area (Å²) in [6.07, 6.45) is 0. The smallest absolute Gasteiger partial charge is 0.302 e. The minimum Gasteiger partial charge on any atom is -0.491 e. The standard InChI is InChI=1S/C38H36O7/c1-25(41)43-17-18-45-33-13-9-31(10-14-33)38(30-7-11-32(12-8-30)44-16-15-42-2)36-21-27-6-4-3-5-26(27)19-34(36)35-20-28(23-39)29(24-40)22-37(35)38/h3-14,19-22,39-40H,15-18,23-24H2,1-2H3. The minimum atomic E-state index is -0.756. The number of fused-ring (bicyclic) bond motifs is 4. The molecule has 1 aliphatic carbocycles. The van der Waals surface area contributed by atoms with Crippen LogP contribution in [0.25, 0.3) is 21.9 Å². The number of ether oxygens (including phenoxy) is 4. The van der Waals surface area contributed by atoms with Gasteiger partial charge < -0.3 is 29.2 Å². The number of benzene rings is 5. The molecular weight excluding hydrogens is 568 g/mol. The van der Waals surface area contributed by atoms with E-state index in [2.05, 4.69) is 48.5 Å². The molecule has 5 aromatic carbocycles. The van der Waals surface area contributed by atoms with Gasteiger partial charge in [-0.2, -0.15) is 0 Å². The molecular formula is C38H36O7. The van der Waals surface area contributed by atoms with Gasteiger partial charge in [-0.15, -0.1) is 0 Å². The molecule has 0 saturated heterocycles. The molecule has 1 aliphatic rings. The van der Waals surface area contributed by atoms with Crippen LogP contribution < -0.4 is 9.47 Å². The first kappa shape index (κ1) is 30.3. The maximum atomic E-state index is 11.2. The Labute approximate surface area is 262 Å². The van der Waals surface area contributed by atoms with Crippen LogP contribution in [0.5, 0.6) is 11.5 Å². The van der Waals surface area contributed by atoms with Crippen LogP contribution in [0, 0.1) is 0 Å². The van der Waals surface area contributed by atoms with Gasteiger partial charge in [0.1, 0.15) is 31.3 Å². The summed E-state index contributed by atoms with van der Waals surface area (Å²) >= 11 is 0. The second kappa shape index (κ2) is 13.1. The molecule has 0 fully saturated rings. The van der Waals surface area contributed by atoms with E-state index < -0.39 is 5.41 Å². The van der Waals surface area contributed by atoms with E-state index in [1.165, 1.54) is 6.92 Å². The van der Waals surface area contributed by atoms with E-state index in [1.807, 2.05) is 48.5 Å². The van der Waals surface area contributed by atoms with Gasteiger partial charge in [-0.25, -0.2) is 0 Å². The summed E-state index contributed by atoms with van der Waals surface area (Å²) in [6, 6.07) is 33.0. The van der Waals surface area contributed by atoms with Crippen LogP contribution in [-0.4, -0.2) is 49.7 Å². The highest BCUT2D eigenvalue weighted by molar-refractivity contribution is 5.96. The van der Waals surface area contributed by atoms with Crippen molar-refractivity contribution >= 4 is 16.7 Å². The van der Waals surface area contributed by atoms with E-state index in [9.17, 15) is 15.0 Å². The molecule has 7 heteroatoms. The first-order valence-corrected chi connectivity index (χ1v) is 15.0. The van der Waals surface area contributed by atoms with Crippen LogP contribution in [0.1, 0.15) is 40.3 Å². The molecule has 6 rings (SSSR count). The van der Waals surface area contributed by atoms with E-state index in [0.717, 1.165) is 49.9 Å². The molecule has 0 spiro atoms. The van der Waals surface area contributed by atoms with Crippen LogP contribution in [0.2, 0.25) is 0 Å². The molecule has 1 unspecified atom stereocenters. The zero-order valence-electron chi connectivity index (χ0n) is 25.4. The van der Waals surface area contributed by atoms with Gasteiger partial charge in [0.2, 0.25) is 0 Å². The molecule has 230 valence electrons. The van der Waals surface area contributed by atoms with Gasteiger partial charge >= 0.3 is 5.97 Å². The average Bonchev–Trinajstić information content (AvgIpc) is 3.34. The second-order valence-electron chi connectivity index (χ2n) is 11.1. The van der Waals surface area contributed by atoms with E-state index in [4.69, 9.17) is 18.9 Å². The first-order valence-electron chi connectivity index (χ1n) is 15.0. The van der Waals surface area contributed by atoms with Crippen molar-refractivity contribution in [3.8, 4) is 22.6 Å². The van der Waals surface area contributed by atoms with E-state index in [-0.39, 0.29) is 32.4 Å². The SMILES string of the molecule is COCCOc1ccc(C2(c3ccc(OCCOC(C)=O)cc3)c3cc(CO)c(CO)cc3-c3cc4ccccc4cc32)cc1. The minimum absolute atomic E-state index is 0.171. The van der Waals surface area contributed by atoms with Crippen LogP contribution >= 0.6 is 0 Å². The molecule has 0 heterocycles. The summed E-state index contributed by atoms with van der Waals surface area (Å²) < 4.78 is 22.0. The summed E-state index contributed by atoms with van der Waals surface area (Å²) in [6.45, 7) is 2.36. The highest BCUT2D eigenvalue weighted by atomic mass is 16.6. The van der Waals surface area contributed by atoms with Crippen LogP contribution in [-0.2, 0) is 32.9 Å². The lowest BCUT2D eigenvalue weighted by atomic mass is 9.67. The third-order valence-corrected chi connectivity index (χ3v) is 8.45. The van der Waals surface area contributed by atoms with Gasteiger partial charge in [0, 0.05) is 14.0 Å². The Bertz CT molecular complexity index is 1810. The van der Waals surface area contributed by atoms with Gasteiger partial charge in [-0.3, -0.25) is 4.79 Å². The number of aliphatic hydroxyl groups excluding tert-OH is 2. The molecule has 2 N–H and O–H groups in total. The Hall–Kier alpha value is -4.69. The Morgan fingerprint density at radius 2 is 1.16 bits per heavy atom. The van der Waals surface area contributed by atoms with Crippen molar-refractivity contribution in [3.63, 3.8) is 0 Å². The Morgan fingerprint density at radius 3 is 1.71 bits per heavy atom. The van der Waals surface area contributed by atoms with Crippen LogP contribution in [0.3, 0.4) is 0 Å². The first-order chi connectivity index (χ1) is 22.0. The van der Waals surface area contributed by atoms with Crippen LogP contribution in [0.15, 0.2) is 97.1 Å². The molecule has 7 nitrogen and oxygen atoms in total. The third kappa shape index (κ3) is 5.66. The quantitative estimate of drug-likeness (QED) is 0.128. The van der Waals surface area contributed by atoms with Gasteiger partial charge in [0.25, 0.3) is 0 Å². The fourth-order valence-corrected chi connectivity index (χ4v) is 6.41. The third-order valence-electron chi connectivity index (χ3n) is 8.45. The Morgan fingerprint density at radius 1 is 0.644 bits per heavy atom. The highest BCUT2D eigenvalue weighted by Crippen LogP contribution is 2.57. The van der Waals surface area contributed by atoms with Crippen molar-refractivity contribution in [2.45, 2.75) is 25.6 Å². The summed E-state index contributed by atoms with van der Waals surface area (Å²) in [5.74, 6) is 1.06. The summed E-state index contributed by atoms with van der Waals surface area (Å²) in [4.78, 5) is 11.2. The van der Waals surface area contributed by atoms with Crippen molar-refractivity contribution in [3.05, 3.63) is 130 Å². The number of esters is 1. The Kier molecular flexibility index (Phi) is 8.85. The van der Waals surface area contributed by atoms with Crippen molar-refractivity contribution in [1.29, 1.82) is 0 Å². The fourth-order valence-electron chi connectivity index (χ4n) is 6.41. The lowest BCUT2D eigenvalue weighted by Gasteiger charge is -2.34. The molecule has 5 aromatic rings. The number of carbonyl (C=O) groups is 1. The fraction of sp³-hybridized carbons (Fsp3) is 0.237. The van der Waals surface area contributed by atoms with Crippen molar-refractivity contribution < 1.29 is 34.0 Å². The van der Waals surface area contributed by atoms with E-state index in [0.29, 0.717) is 30.1 Å². The zero-order chi connectivity index (χ0) is 31.4. The maximum absolute atomic E-state index is 11.2. The molecule has 0 amide bonds. The maximum Gasteiger partial charge on any atom is 0.302 e. The summed E-state index contributed by atoms with van der Waals surface area (Å²) in [5.41, 5.74) is 6.88. The van der Waals surface area contributed by atoms with E-state index >= 15 is 0 Å². The zero-order valence-corrected chi connectivity index (χ0v) is 25.4. The summed E-state index contributed by atoms with van der Waals surface area (Å²) in [7, 11) is 1.65. The molecule has 0 aliphatic heterocycles. The predicted molar refractivity (Wildman–Crippen MR) is 173 cm³/mol. The molecule has 0 bridgehead atoms. The molecule has 0 saturated carbocycles. The average molecular weight is 605 g/mol. The number of hydrogen-bond donors (Lipinski definition) is 2. The summed E-state index contributed by atoms with van der Waals surface area (Å²) in [5, 5.41) is 22.9. The lowest BCUT2D eigenvalue weighted by Crippen LogP contribution is -2.29. The number of methoxy groups -OCH3 is 1. The normalized spacial score (nSPS) is 15.0. The second-order valence-corrected chi connectivity index (χ2v) is 11.1. The highest BCUT2D eigenvalue weighted by Gasteiger charge is 2.47. The van der Waals surface area contributed by atoms with Gasteiger partial charge in [0.15, 0.2) is 0 Å². The number of rotatable bonds is 12. The predicted octanol–water partition coefficient (Wildman–Crippen LogP) is 6.15. The lowest BCUT2D eigenvalue weighted by molar-refractivity contribution is -0.141. The topological polar surface area (TPSA) is 94.5 Å². The molecule has 45 heavy (non-hydrogen) atoms. The molecule has 0 radical (unpaired) electrons. The van der Waals surface area contributed by atoms with Crippen molar-refractivity contribution in [2.24, 2.45) is 0 Å². The van der Waals surface area contributed by atoms with Gasteiger partial charge in [-0.05, 0) is 97.7 Å². The number of hydrogen-bond acceptors (Lipinski definition) is 7. The molecule has 0 aromatic heterocycles. The van der Waals surface area contributed by atoms with Crippen molar-refractivity contribution in [1.82, 2.24) is 0 Å². The van der Waals surface area contributed by atoms with Crippen LogP contribution in [0.4, 0.5) is 0 Å². The van der Waals surface area contributed by atoms with Gasteiger partial charge in [0.05, 0.1) is 25.2 Å².